The molecule has 2 aromatic rings. The van der Waals surface area contributed by atoms with E-state index in [4.69, 9.17) is 20.8 Å². The van der Waals surface area contributed by atoms with E-state index in [1.54, 1.807) is 24.3 Å². The van der Waals surface area contributed by atoms with E-state index in [1.165, 1.54) is 0 Å². The molecule has 1 aliphatic rings. The Hall–Kier alpha value is -1.94. The number of halogens is 1. The zero-order chi connectivity index (χ0) is 13.9. The Labute approximate surface area is 121 Å². The number of carbonyl (C=O) groups is 1. The van der Waals surface area contributed by atoms with E-state index in [2.05, 4.69) is 5.32 Å². The standard InChI is InChI=1S/C15H14ClNO3/c16-10-2-1-3-12(8-10)19-9-13-6-7-14(20-13)15(18)17-11-4-5-11/h1-3,6-8,11H,4-5,9H2,(H,17,18). The Morgan fingerprint density at radius 3 is 2.95 bits per heavy atom. The van der Waals surface area contributed by atoms with Crippen LogP contribution in [0.4, 0.5) is 0 Å². The van der Waals surface area contributed by atoms with Crippen molar-refractivity contribution in [3.05, 3.63) is 52.9 Å². The van der Waals surface area contributed by atoms with Crippen molar-refractivity contribution in [2.75, 3.05) is 0 Å². The average Bonchev–Trinajstić information content (AvgIpc) is 3.11. The zero-order valence-corrected chi connectivity index (χ0v) is 11.5. The van der Waals surface area contributed by atoms with E-state index in [0.717, 1.165) is 12.8 Å². The summed E-state index contributed by atoms with van der Waals surface area (Å²) >= 11 is 5.87. The molecular weight excluding hydrogens is 278 g/mol. The SMILES string of the molecule is O=C(NC1CC1)c1ccc(COc2cccc(Cl)c2)o1. The van der Waals surface area contributed by atoms with Gasteiger partial charge in [0.15, 0.2) is 5.76 Å². The molecule has 0 atom stereocenters. The molecular formula is C15H14ClNO3. The Balaban J connectivity index is 1.58. The third kappa shape index (κ3) is 3.33. The van der Waals surface area contributed by atoms with Crippen LogP contribution >= 0.6 is 11.6 Å². The lowest BCUT2D eigenvalue weighted by Crippen LogP contribution is -2.24. The van der Waals surface area contributed by atoms with Gasteiger partial charge in [-0.1, -0.05) is 17.7 Å². The van der Waals surface area contributed by atoms with Crippen molar-refractivity contribution < 1.29 is 13.9 Å². The Morgan fingerprint density at radius 2 is 2.20 bits per heavy atom. The summed E-state index contributed by atoms with van der Waals surface area (Å²) in [7, 11) is 0. The van der Waals surface area contributed by atoms with Crippen molar-refractivity contribution >= 4 is 17.5 Å². The Morgan fingerprint density at radius 1 is 1.35 bits per heavy atom. The van der Waals surface area contributed by atoms with Crippen LogP contribution in [0.2, 0.25) is 5.02 Å². The minimum absolute atomic E-state index is 0.165. The highest BCUT2D eigenvalue weighted by molar-refractivity contribution is 6.30. The summed E-state index contributed by atoms with van der Waals surface area (Å²) in [6, 6.07) is 10.9. The molecule has 0 saturated heterocycles. The van der Waals surface area contributed by atoms with Gasteiger partial charge in [0.2, 0.25) is 0 Å². The molecule has 0 radical (unpaired) electrons. The number of carbonyl (C=O) groups excluding carboxylic acids is 1. The van der Waals surface area contributed by atoms with Gasteiger partial charge in [-0.2, -0.15) is 0 Å². The lowest BCUT2D eigenvalue weighted by molar-refractivity contribution is 0.0919. The topological polar surface area (TPSA) is 51.5 Å². The first-order valence-corrected chi connectivity index (χ1v) is 6.86. The molecule has 20 heavy (non-hydrogen) atoms. The minimum Gasteiger partial charge on any atom is -0.486 e. The second-order valence-electron chi connectivity index (χ2n) is 4.76. The third-order valence-corrected chi connectivity index (χ3v) is 3.21. The number of hydrogen-bond acceptors (Lipinski definition) is 3. The molecule has 1 fully saturated rings. The van der Waals surface area contributed by atoms with Crippen LogP contribution in [0.15, 0.2) is 40.8 Å². The molecule has 4 nitrogen and oxygen atoms in total. The Bertz CT molecular complexity index is 619. The molecule has 1 heterocycles. The molecule has 0 bridgehead atoms. The Kier molecular flexibility index (Phi) is 3.65. The van der Waals surface area contributed by atoms with E-state index in [9.17, 15) is 4.79 Å². The highest BCUT2D eigenvalue weighted by Crippen LogP contribution is 2.21. The molecule has 0 spiro atoms. The molecule has 1 aromatic carbocycles. The number of ether oxygens (including phenoxy) is 1. The first kappa shape index (κ1) is 13.1. The third-order valence-electron chi connectivity index (χ3n) is 2.98. The molecule has 5 heteroatoms. The number of benzene rings is 1. The van der Waals surface area contributed by atoms with Gasteiger partial charge in [-0.3, -0.25) is 4.79 Å². The van der Waals surface area contributed by atoms with E-state index in [0.29, 0.717) is 28.3 Å². The molecule has 0 unspecified atom stereocenters. The minimum atomic E-state index is -0.165. The van der Waals surface area contributed by atoms with E-state index < -0.39 is 0 Å². The molecule has 1 amide bonds. The van der Waals surface area contributed by atoms with Crippen molar-refractivity contribution in [2.45, 2.75) is 25.5 Å². The van der Waals surface area contributed by atoms with Gasteiger partial charge in [-0.05, 0) is 43.2 Å². The maximum atomic E-state index is 11.8. The molecule has 104 valence electrons. The summed E-state index contributed by atoms with van der Waals surface area (Å²) in [5.74, 6) is 1.42. The lowest BCUT2D eigenvalue weighted by atomic mass is 10.3. The van der Waals surface area contributed by atoms with E-state index >= 15 is 0 Å². The van der Waals surface area contributed by atoms with Crippen molar-refractivity contribution in [3.8, 4) is 5.75 Å². The van der Waals surface area contributed by atoms with Crippen LogP contribution in [0.5, 0.6) is 5.75 Å². The highest BCUT2D eigenvalue weighted by Gasteiger charge is 2.25. The summed E-state index contributed by atoms with van der Waals surface area (Å²) in [5.41, 5.74) is 0. The maximum Gasteiger partial charge on any atom is 0.287 e. The molecule has 3 rings (SSSR count). The summed E-state index contributed by atoms with van der Waals surface area (Å²) < 4.78 is 11.0. The number of nitrogens with one attached hydrogen (secondary N) is 1. The predicted octanol–water partition coefficient (Wildman–Crippen LogP) is 3.40. The maximum absolute atomic E-state index is 11.8. The summed E-state index contributed by atoms with van der Waals surface area (Å²) in [6.07, 6.45) is 2.11. The quantitative estimate of drug-likeness (QED) is 0.918. The second kappa shape index (κ2) is 5.59. The van der Waals surface area contributed by atoms with Gasteiger partial charge in [0.05, 0.1) is 0 Å². The van der Waals surface area contributed by atoms with Crippen LogP contribution in [-0.2, 0) is 6.61 Å². The van der Waals surface area contributed by atoms with E-state index in [-0.39, 0.29) is 12.5 Å². The lowest BCUT2D eigenvalue weighted by Gasteiger charge is -2.04. The first-order chi connectivity index (χ1) is 9.70. The number of furan rings is 1. The number of rotatable bonds is 5. The van der Waals surface area contributed by atoms with Gasteiger partial charge in [-0.15, -0.1) is 0 Å². The summed E-state index contributed by atoms with van der Waals surface area (Å²) in [4.78, 5) is 11.8. The second-order valence-corrected chi connectivity index (χ2v) is 5.20. The largest absolute Gasteiger partial charge is 0.486 e. The van der Waals surface area contributed by atoms with Gasteiger partial charge in [0, 0.05) is 11.1 Å². The summed E-state index contributed by atoms with van der Waals surface area (Å²) in [5, 5.41) is 3.49. The van der Waals surface area contributed by atoms with Crippen LogP contribution in [0, 0.1) is 0 Å². The smallest absolute Gasteiger partial charge is 0.287 e. The number of amides is 1. The molecule has 1 aliphatic carbocycles. The van der Waals surface area contributed by atoms with E-state index in [1.807, 2.05) is 12.1 Å². The normalized spacial score (nSPS) is 14.1. The monoisotopic (exact) mass is 291 g/mol. The number of hydrogen-bond donors (Lipinski definition) is 1. The van der Waals surface area contributed by atoms with Crippen molar-refractivity contribution in [3.63, 3.8) is 0 Å². The van der Waals surface area contributed by atoms with Gasteiger partial charge in [0.25, 0.3) is 5.91 Å². The van der Waals surface area contributed by atoms with Crippen molar-refractivity contribution in [1.82, 2.24) is 5.32 Å². The zero-order valence-electron chi connectivity index (χ0n) is 10.8. The summed E-state index contributed by atoms with van der Waals surface area (Å²) in [6.45, 7) is 0.261. The van der Waals surface area contributed by atoms with Gasteiger partial charge in [0.1, 0.15) is 18.1 Å². The molecule has 1 N–H and O–H groups in total. The van der Waals surface area contributed by atoms with Crippen LogP contribution in [0.25, 0.3) is 0 Å². The van der Waals surface area contributed by atoms with Crippen LogP contribution in [0.3, 0.4) is 0 Å². The average molecular weight is 292 g/mol. The fourth-order valence-electron chi connectivity index (χ4n) is 1.77. The highest BCUT2D eigenvalue weighted by atomic mass is 35.5. The molecule has 1 aromatic heterocycles. The fraction of sp³-hybridized carbons (Fsp3) is 0.267. The van der Waals surface area contributed by atoms with Crippen LogP contribution < -0.4 is 10.1 Å². The van der Waals surface area contributed by atoms with Crippen molar-refractivity contribution in [2.24, 2.45) is 0 Å². The van der Waals surface area contributed by atoms with Crippen LogP contribution in [0.1, 0.15) is 29.2 Å². The van der Waals surface area contributed by atoms with Gasteiger partial charge in [-0.25, -0.2) is 0 Å². The fourth-order valence-corrected chi connectivity index (χ4v) is 1.95. The van der Waals surface area contributed by atoms with Crippen molar-refractivity contribution in [1.29, 1.82) is 0 Å². The van der Waals surface area contributed by atoms with Gasteiger partial charge >= 0.3 is 0 Å². The molecule has 1 saturated carbocycles. The van der Waals surface area contributed by atoms with Gasteiger partial charge < -0.3 is 14.5 Å². The molecule has 0 aliphatic heterocycles. The first-order valence-electron chi connectivity index (χ1n) is 6.48. The predicted molar refractivity (Wildman–Crippen MR) is 75.0 cm³/mol. The van der Waals surface area contributed by atoms with Crippen LogP contribution in [-0.4, -0.2) is 11.9 Å².